The van der Waals surface area contributed by atoms with Crippen LogP contribution >= 0.6 is 0 Å². The molecular formula is C18H21N2O2+. The third-order valence-corrected chi connectivity index (χ3v) is 4.05. The zero-order valence-corrected chi connectivity index (χ0v) is 12.6. The van der Waals surface area contributed by atoms with Crippen molar-refractivity contribution in [2.45, 2.75) is 44.8 Å². The molecule has 0 aliphatic heterocycles. The van der Waals surface area contributed by atoms with Crippen LogP contribution in [0.5, 0.6) is 5.88 Å². The van der Waals surface area contributed by atoms with E-state index in [0.717, 1.165) is 18.4 Å². The van der Waals surface area contributed by atoms with Gasteiger partial charge in [-0.3, -0.25) is 4.79 Å². The molecule has 4 nitrogen and oxygen atoms in total. The van der Waals surface area contributed by atoms with Crippen molar-refractivity contribution in [1.82, 2.24) is 4.98 Å². The molecule has 1 fully saturated rings. The molecule has 0 unspecified atom stereocenters. The van der Waals surface area contributed by atoms with Crippen LogP contribution in [0, 0.1) is 0 Å². The van der Waals surface area contributed by atoms with Gasteiger partial charge in [0.25, 0.3) is 0 Å². The highest BCUT2D eigenvalue weighted by Gasteiger charge is 2.22. The molecule has 1 aliphatic rings. The summed E-state index contributed by atoms with van der Waals surface area (Å²) in [5.41, 5.74) is 0.718. The second-order valence-electron chi connectivity index (χ2n) is 5.71. The van der Waals surface area contributed by atoms with Gasteiger partial charge in [-0.1, -0.05) is 36.8 Å². The van der Waals surface area contributed by atoms with Gasteiger partial charge in [0.15, 0.2) is 6.20 Å². The Hall–Kier alpha value is -2.23. The van der Waals surface area contributed by atoms with Crippen LogP contribution in [0.15, 0.2) is 48.9 Å². The topological polar surface area (TPSA) is 43.1 Å². The number of hydrogen-bond acceptors (Lipinski definition) is 3. The number of rotatable bonds is 5. The van der Waals surface area contributed by atoms with Crippen LogP contribution < -0.4 is 9.30 Å². The van der Waals surface area contributed by atoms with E-state index in [9.17, 15) is 4.79 Å². The molecule has 4 heteroatoms. The first-order chi connectivity index (χ1) is 10.8. The van der Waals surface area contributed by atoms with Gasteiger partial charge in [0.1, 0.15) is 12.3 Å². The third-order valence-electron chi connectivity index (χ3n) is 4.05. The molecule has 0 amide bonds. The highest BCUT2D eigenvalue weighted by molar-refractivity contribution is 5.94. The predicted octanol–water partition coefficient (Wildman–Crippen LogP) is 2.96. The molecule has 114 valence electrons. The number of nitrogens with zero attached hydrogens (tertiary/aromatic N) is 2. The number of carbonyl (C=O) groups excluding carboxylic acids is 1. The fourth-order valence-electron chi connectivity index (χ4n) is 2.83. The minimum atomic E-state index is 0.0743. The zero-order valence-electron chi connectivity index (χ0n) is 12.6. The van der Waals surface area contributed by atoms with E-state index in [1.165, 1.54) is 19.3 Å². The summed E-state index contributed by atoms with van der Waals surface area (Å²) in [7, 11) is 0. The van der Waals surface area contributed by atoms with Crippen molar-refractivity contribution in [3.8, 4) is 5.88 Å². The van der Waals surface area contributed by atoms with Crippen molar-refractivity contribution in [2.75, 3.05) is 0 Å². The van der Waals surface area contributed by atoms with Crippen molar-refractivity contribution in [3.05, 3.63) is 54.5 Å². The smallest absolute Gasteiger partial charge is 0.387 e. The Kier molecular flexibility index (Phi) is 4.78. The van der Waals surface area contributed by atoms with Gasteiger partial charge in [-0.05, 0) is 25.7 Å². The van der Waals surface area contributed by atoms with Crippen LogP contribution in [-0.4, -0.2) is 16.9 Å². The maximum atomic E-state index is 12.4. The minimum absolute atomic E-state index is 0.0743. The van der Waals surface area contributed by atoms with E-state index in [0.29, 0.717) is 5.88 Å². The van der Waals surface area contributed by atoms with E-state index >= 15 is 0 Å². The van der Waals surface area contributed by atoms with Gasteiger partial charge in [-0.25, -0.2) is 4.98 Å². The van der Waals surface area contributed by atoms with E-state index in [-0.39, 0.29) is 18.4 Å². The Labute approximate surface area is 130 Å². The highest BCUT2D eigenvalue weighted by atomic mass is 16.5. The van der Waals surface area contributed by atoms with E-state index in [4.69, 9.17) is 4.74 Å². The van der Waals surface area contributed by atoms with Crippen molar-refractivity contribution >= 4 is 5.78 Å². The summed E-state index contributed by atoms with van der Waals surface area (Å²) in [4.78, 5) is 16.5. The Morgan fingerprint density at radius 1 is 1.18 bits per heavy atom. The first-order valence-electron chi connectivity index (χ1n) is 7.91. The van der Waals surface area contributed by atoms with Crippen LogP contribution in [0.1, 0.15) is 42.5 Å². The lowest BCUT2D eigenvalue weighted by molar-refractivity contribution is -0.689. The summed E-state index contributed by atoms with van der Waals surface area (Å²) in [6, 6.07) is 9.35. The van der Waals surface area contributed by atoms with Crippen LogP contribution in [0.4, 0.5) is 0 Å². The standard InChI is InChI=1S/C18H21N2O2/c21-17(15-7-3-1-4-8-15)14-20-12-11-19-13-18(20)22-16-9-5-2-6-10-16/h1,3-4,7-8,11-13,16H,2,5-6,9-10,14H2/q+1. The number of ketones is 1. The van der Waals surface area contributed by atoms with E-state index in [1.807, 2.05) is 34.9 Å². The number of hydrogen-bond donors (Lipinski definition) is 0. The molecule has 1 aromatic heterocycles. The first-order valence-corrected chi connectivity index (χ1v) is 7.91. The molecule has 0 bridgehead atoms. The molecule has 0 N–H and O–H groups in total. The fourth-order valence-corrected chi connectivity index (χ4v) is 2.83. The van der Waals surface area contributed by atoms with Gasteiger partial charge in [0, 0.05) is 5.56 Å². The van der Waals surface area contributed by atoms with Gasteiger partial charge in [0.05, 0.1) is 6.20 Å². The normalized spacial score (nSPS) is 15.5. The number of carbonyl (C=O) groups is 1. The summed E-state index contributed by atoms with van der Waals surface area (Å²) in [5, 5.41) is 0. The monoisotopic (exact) mass is 297 g/mol. The molecule has 1 aliphatic carbocycles. The number of ether oxygens (including phenoxy) is 1. The van der Waals surface area contributed by atoms with Crippen molar-refractivity contribution in [1.29, 1.82) is 0 Å². The fraction of sp³-hybridized carbons (Fsp3) is 0.389. The van der Waals surface area contributed by atoms with Crippen molar-refractivity contribution in [2.24, 2.45) is 0 Å². The van der Waals surface area contributed by atoms with Gasteiger partial charge in [-0.2, -0.15) is 4.57 Å². The molecule has 0 radical (unpaired) electrons. The maximum absolute atomic E-state index is 12.4. The van der Waals surface area contributed by atoms with Crippen LogP contribution in [0.2, 0.25) is 0 Å². The van der Waals surface area contributed by atoms with E-state index < -0.39 is 0 Å². The molecule has 1 aromatic carbocycles. The zero-order chi connectivity index (χ0) is 15.2. The average molecular weight is 297 g/mol. The second kappa shape index (κ2) is 7.16. The lowest BCUT2D eigenvalue weighted by Crippen LogP contribution is -2.41. The second-order valence-corrected chi connectivity index (χ2v) is 5.71. The van der Waals surface area contributed by atoms with E-state index in [2.05, 4.69) is 4.98 Å². The Morgan fingerprint density at radius 2 is 1.95 bits per heavy atom. The van der Waals surface area contributed by atoms with Crippen LogP contribution in [0.25, 0.3) is 0 Å². The first kappa shape index (κ1) is 14.7. The quantitative estimate of drug-likeness (QED) is 0.629. The molecule has 0 saturated heterocycles. The Morgan fingerprint density at radius 3 is 2.73 bits per heavy atom. The average Bonchev–Trinajstić information content (AvgIpc) is 2.58. The van der Waals surface area contributed by atoms with Crippen molar-refractivity contribution in [3.63, 3.8) is 0 Å². The lowest BCUT2D eigenvalue weighted by atomic mass is 9.98. The number of aromatic nitrogens is 2. The molecule has 0 atom stereocenters. The molecule has 2 aromatic rings. The molecule has 22 heavy (non-hydrogen) atoms. The third kappa shape index (κ3) is 3.70. The molecule has 1 saturated carbocycles. The SMILES string of the molecule is O=C(C[n+]1ccncc1OC1CCCCC1)c1ccccc1. The molecule has 1 heterocycles. The van der Waals surface area contributed by atoms with Crippen molar-refractivity contribution < 1.29 is 14.1 Å². The minimum Gasteiger partial charge on any atom is -0.440 e. The highest BCUT2D eigenvalue weighted by Crippen LogP contribution is 2.21. The molecular weight excluding hydrogens is 276 g/mol. The van der Waals surface area contributed by atoms with Gasteiger partial charge < -0.3 is 4.74 Å². The Balaban J connectivity index is 1.72. The summed E-state index contributed by atoms with van der Waals surface area (Å²) < 4.78 is 7.92. The van der Waals surface area contributed by atoms with Crippen LogP contribution in [0.3, 0.4) is 0 Å². The maximum Gasteiger partial charge on any atom is 0.387 e. The number of Topliss-reactive ketones (excluding diaryl/α,β-unsaturated/α-hetero) is 1. The van der Waals surface area contributed by atoms with Gasteiger partial charge >= 0.3 is 5.88 Å². The Bertz CT molecular complexity index is 622. The predicted molar refractivity (Wildman–Crippen MR) is 82.7 cm³/mol. The van der Waals surface area contributed by atoms with Crippen LogP contribution in [-0.2, 0) is 6.54 Å². The molecule has 0 spiro atoms. The summed E-state index contributed by atoms with van der Waals surface area (Å²) in [6.07, 6.45) is 11.3. The van der Waals surface area contributed by atoms with E-state index in [1.54, 1.807) is 18.6 Å². The summed E-state index contributed by atoms with van der Waals surface area (Å²) in [5.74, 6) is 0.754. The molecule has 3 rings (SSSR count). The largest absolute Gasteiger partial charge is 0.440 e. The number of benzene rings is 1. The van der Waals surface area contributed by atoms with Gasteiger partial charge in [0.2, 0.25) is 12.3 Å². The lowest BCUT2D eigenvalue weighted by Gasteiger charge is -2.21. The summed E-state index contributed by atoms with van der Waals surface area (Å²) >= 11 is 0. The summed E-state index contributed by atoms with van der Waals surface area (Å²) in [6.45, 7) is 0.272. The van der Waals surface area contributed by atoms with Gasteiger partial charge in [-0.15, -0.1) is 0 Å².